The fourth-order valence-electron chi connectivity index (χ4n) is 21.8. The number of terminal acetylenes is 1. The van der Waals surface area contributed by atoms with Crippen molar-refractivity contribution in [1.82, 2.24) is 52.4 Å². The van der Waals surface area contributed by atoms with E-state index in [1.807, 2.05) is 74.5 Å². The zero-order chi connectivity index (χ0) is 95.9. The Labute approximate surface area is 804 Å². The number of nitrogens with two attached hydrogens (primary N) is 4. The number of carbonyl (C=O) groups excluding carboxylic acids is 8. The lowest BCUT2D eigenvalue weighted by atomic mass is 9.49. The number of nitrogens with zero attached hydrogens (tertiary/aromatic N) is 5. The number of ether oxygens (including phenoxy) is 1. The van der Waals surface area contributed by atoms with Gasteiger partial charge in [-0.05, 0) is 274 Å². The molecule has 12 aliphatic carbocycles. The van der Waals surface area contributed by atoms with Crippen molar-refractivity contribution in [2.45, 2.75) is 369 Å². The predicted octanol–water partition coefficient (Wildman–Crippen LogP) is 18.6. The van der Waals surface area contributed by atoms with E-state index in [9.17, 15) is 38.4 Å². The van der Waals surface area contributed by atoms with Gasteiger partial charge >= 0.3 is 0 Å². The second kappa shape index (κ2) is 45.9. The van der Waals surface area contributed by atoms with E-state index < -0.39 is 0 Å². The van der Waals surface area contributed by atoms with Crippen molar-refractivity contribution >= 4 is 52.7 Å². The van der Waals surface area contributed by atoms with Crippen LogP contribution in [0.3, 0.4) is 0 Å². The Kier molecular flexibility index (Phi) is 33.2. The van der Waals surface area contributed by atoms with E-state index in [0.29, 0.717) is 162 Å². The third-order valence-corrected chi connectivity index (χ3v) is 29.9. The zero-order valence-corrected chi connectivity index (χ0v) is 80.5. The second-order valence-electron chi connectivity index (χ2n) is 42.7. The molecule has 29 heteroatoms. The van der Waals surface area contributed by atoms with Gasteiger partial charge in [0.05, 0.1) is 18.7 Å². The first-order valence-corrected chi connectivity index (χ1v) is 51.3. The molecule has 0 radical (unpaired) electrons. The summed E-state index contributed by atoms with van der Waals surface area (Å²) < 4.78 is 32.4. The van der Waals surface area contributed by atoms with E-state index in [0.717, 1.165) is 255 Å². The van der Waals surface area contributed by atoms with Crippen LogP contribution in [0, 0.1) is 46.8 Å². The number of amides is 6. The summed E-state index contributed by atoms with van der Waals surface area (Å²) in [6.45, 7) is 9.57. The van der Waals surface area contributed by atoms with Crippen LogP contribution in [0.15, 0.2) is 120 Å². The van der Waals surface area contributed by atoms with Crippen molar-refractivity contribution in [2.75, 3.05) is 11.9 Å². The molecule has 29 nitrogen and oxygen atoms in total. The highest BCUT2D eigenvalue weighted by Gasteiger charge is 2.55. The topological polar surface area (TPSA) is 452 Å². The van der Waals surface area contributed by atoms with Gasteiger partial charge in [-0.1, -0.05) is 127 Å². The van der Waals surface area contributed by atoms with Gasteiger partial charge in [0.1, 0.15) is 40.2 Å². The predicted molar refractivity (Wildman–Crippen MR) is 518 cm³/mol. The maximum atomic E-state index is 13.1. The van der Waals surface area contributed by atoms with Crippen LogP contribution < -0.4 is 54.8 Å². The van der Waals surface area contributed by atoms with Crippen LogP contribution in [0.1, 0.15) is 439 Å². The summed E-state index contributed by atoms with van der Waals surface area (Å²) in [5, 5.41) is 38.6. The molecule has 12 fully saturated rings. The van der Waals surface area contributed by atoms with Crippen LogP contribution in [0.2, 0.25) is 0 Å². The molecule has 734 valence electrons. The summed E-state index contributed by atoms with van der Waals surface area (Å²) in [5.74, 6) is 10.8. The number of carbonyl (C=O) groups is 8. The van der Waals surface area contributed by atoms with Crippen molar-refractivity contribution in [2.24, 2.45) is 57.4 Å². The lowest BCUT2D eigenvalue weighted by Crippen LogP contribution is -2.56. The van der Waals surface area contributed by atoms with Gasteiger partial charge in [0.25, 0.3) is 23.6 Å². The number of Topliss-reactive ketones (excluding diaryl/α,β-unsaturated/α-hetero) is 2. The van der Waals surface area contributed by atoms with Crippen LogP contribution in [-0.4, -0.2) is 116 Å². The molecule has 0 saturated heterocycles. The van der Waals surface area contributed by atoms with Gasteiger partial charge < -0.3 is 82.2 Å². The van der Waals surface area contributed by atoms with Gasteiger partial charge in [-0.2, -0.15) is 0 Å². The first-order chi connectivity index (χ1) is 66.2. The number of hydrogen-bond donors (Lipinski definition) is 10. The van der Waals surface area contributed by atoms with Gasteiger partial charge in [0.2, 0.25) is 11.8 Å². The Morgan fingerprint density at radius 1 is 0.453 bits per heavy atom. The molecular weight excluding hydrogens is 1730 g/mol. The molecule has 0 bridgehead atoms. The number of unbranched alkanes of at least 4 members (excludes halogenated alkanes) is 1. The molecule has 14 N–H and O–H groups in total. The summed E-state index contributed by atoms with van der Waals surface area (Å²) in [5.41, 5.74) is 32.6. The number of nitrogens with one attached hydrogen (secondary N) is 6. The van der Waals surface area contributed by atoms with E-state index in [4.69, 9.17) is 56.7 Å². The molecule has 6 amide bonds. The molecular formula is C108H143N15O14. The van der Waals surface area contributed by atoms with Crippen molar-refractivity contribution in [3.63, 3.8) is 0 Å². The molecule has 12 aliphatic rings. The van der Waals surface area contributed by atoms with E-state index in [1.54, 1.807) is 12.1 Å². The lowest BCUT2D eigenvalue weighted by molar-refractivity contribution is -0.126. The Hall–Kier alpha value is -10.8. The zero-order valence-electron chi connectivity index (χ0n) is 80.5. The first-order valence-electron chi connectivity index (χ1n) is 51.3. The van der Waals surface area contributed by atoms with E-state index >= 15 is 0 Å². The maximum Gasteiger partial charge on any atom is 0.277 e. The highest BCUT2D eigenvalue weighted by molar-refractivity contribution is 6.03. The Morgan fingerprint density at radius 3 is 1.28 bits per heavy atom. The van der Waals surface area contributed by atoms with Crippen LogP contribution in [0.4, 0.5) is 5.69 Å². The summed E-state index contributed by atoms with van der Waals surface area (Å²) >= 11 is 0. The molecule has 2 unspecified atom stereocenters. The van der Waals surface area contributed by atoms with Gasteiger partial charge in [-0.25, -0.2) is 0 Å². The van der Waals surface area contributed by atoms with Crippen LogP contribution in [0.5, 0.6) is 0 Å². The number of rotatable bonds is 36. The number of aromatic nitrogens is 5. The van der Waals surface area contributed by atoms with Gasteiger partial charge in [-0.15, -0.1) is 12.3 Å². The van der Waals surface area contributed by atoms with E-state index in [2.05, 4.69) is 102 Å². The molecule has 8 aromatic rings. The van der Waals surface area contributed by atoms with Crippen LogP contribution >= 0.6 is 0 Å². The number of anilines is 1. The molecule has 137 heavy (non-hydrogen) atoms. The molecule has 4 atom stereocenters. The van der Waals surface area contributed by atoms with Crippen molar-refractivity contribution in [3.8, 4) is 12.3 Å². The number of hydrogen-bond acceptors (Lipinski definition) is 23. The van der Waals surface area contributed by atoms with E-state index in [1.165, 1.54) is 25.7 Å². The third kappa shape index (κ3) is 27.9. The molecule has 3 aromatic carbocycles. The van der Waals surface area contributed by atoms with Gasteiger partial charge in [0, 0.05) is 153 Å². The lowest BCUT2D eigenvalue weighted by Gasteiger charge is -2.58. The number of ketones is 2. The van der Waals surface area contributed by atoms with Gasteiger partial charge in [-0.3, -0.25) is 38.4 Å². The normalized spacial score (nSPS) is 24.0. The third-order valence-electron chi connectivity index (χ3n) is 29.9. The Bertz CT molecular complexity index is 5330. The summed E-state index contributed by atoms with van der Waals surface area (Å²) in [7, 11) is 0. The van der Waals surface area contributed by atoms with Crippen molar-refractivity contribution in [3.05, 3.63) is 188 Å². The minimum atomic E-state index is -0.238. The Morgan fingerprint density at radius 2 is 0.869 bits per heavy atom. The SMILES string of the molecule is C#CCCCOCc1cccc(C(NC(=O)c2cc(C3CC3)on2)C2CCCCC2)c1.CC(C)c1cc(CN)ccc1NC(=O)c1cc(C2CC2)on1.C[C@H](N)CC(=O)NC1CC2(CC(CC(=O)c3cc(C4CC4)on3)C2)C1.C[C@H](N)CC(=O)NC1CC2(CC(CC(=O)c3cc(C4CC4)on3)C2)C1.NC1CCC(NC(=O)c2cccc(C(NC(=O)c3cc(C4CC4)on3)C3CCCCC3)c2)CC1. The Balaban J connectivity index is 0.000000125. The van der Waals surface area contributed by atoms with Crippen molar-refractivity contribution in [1.29, 1.82) is 0 Å². The minimum absolute atomic E-state index is 0.0322. The van der Waals surface area contributed by atoms with Gasteiger partial charge in [0.15, 0.2) is 28.6 Å². The highest BCUT2D eigenvalue weighted by atomic mass is 16.5. The largest absolute Gasteiger partial charge is 0.377 e. The molecule has 5 aromatic heterocycles. The monoisotopic (exact) mass is 1870 g/mol. The average Bonchev–Trinajstić information content (AvgIpc) is 1.72. The fourth-order valence-corrected chi connectivity index (χ4v) is 21.8. The molecule has 0 aliphatic heterocycles. The smallest absolute Gasteiger partial charge is 0.277 e. The molecule has 20 rings (SSSR count). The maximum absolute atomic E-state index is 13.1. The second-order valence-corrected chi connectivity index (χ2v) is 42.7. The number of benzene rings is 3. The molecule has 2 spiro atoms. The quantitative estimate of drug-likeness (QED) is 0.00990. The summed E-state index contributed by atoms with van der Waals surface area (Å²) in [6.07, 6.45) is 44.0. The summed E-state index contributed by atoms with van der Waals surface area (Å²) in [4.78, 5) is 99.6. The van der Waals surface area contributed by atoms with Crippen molar-refractivity contribution < 1.29 is 65.7 Å². The highest BCUT2D eigenvalue weighted by Crippen LogP contribution is 2.61. The summed E-state index contributed by atoms with van der Waals surface area (Å²) in [6, 6.07) is 31.7. The average molecular weight is 1880 g/mol. The molecule has 12 saturated carbocycles. The molecule has 5 heterocycles. The van der Waals surface area contributed by atoms with E-state index in [-0.39, 0.29) is 83.3 Å². The standard InChI is InChI=1S/C27H36N4O3.C26H32N2O3.2C19H27N3O3.C17H21N3O2/c28-21-11-13-22(14-12-21)29-26(32)20-8-4-7-19(15-20)25(18-5-2-1-3-6-18)30-27(33)23-16-24(34-31-23)17-9-10-17;1-2-3-7-15-30-18-19-9-8-12-22(16-19)25(21-10-5-4-6-11-21)27-26(29)23-17-24(31-28-23)20-13-14-20;2*1-11(20)4-18(24)21-14-9-19(10-14)7-12(8-19)5-16(23)15-6-17(25-22-15)13-2-3-13;1-10(2)13-7-11(9-18)3-6-14(13)19-17(21)15-8-16(22-20-15)12-4-5-12/h4,7-8,15-18,21-22,25H,1-3,5-6,9-14,28H2,(H,29,32)(H,30,33);1,8-9,12,16-17,20-21,25H,3-7,10-11,13-15,18H2,(H,27,29);2*6,11-14H,2-5,7-10,20H2,1H3,(H,21,24);3,6-8,10,12H,4-5,9,18H2,1-2H3,(H,19,21)/t;;2*11-,12?,14?,19?;/m..00./s1. The fraction of sp³-hybridized carbons (Fsp3) is 0.602. The van der Waals surface area contributed by atoms with Crippen LogP contribution in [0.25, 0.3) is 0 Å². The first kappa shape index (κ1) is 99.2. The minimum Gasteiger partial charge on any atom is -0.377 e. The van der Waals surface area contributed by atoms with Crippen LogP contribution in [-0.2, 0) is 27.5 Å².